The van der Waals surface area contributed by atoms with Gasteiger partial charge in [-0.2, -0.15) is 13.2 Å². The lowest BCUT2D eigenvalue weighted by Crippen LogP contribution is -2.39. The van der Waals surface area contributed by atoms with E-state index in [1.54, 1.807) is 17.6 Å². The van der Waals surface area contributed by atoms with E-state index >= 15 is 0 Å². The second-order valence-corrected chi connectivity index (χ2v) is 11.3. The van der Waals surface area contributed by atoms with Crippen LogP contribution in [0.4, 0.5) is 18.3 Å². The first-order valence-electron chi connectivity index (χ1n) is 11.3. The van der Waals surface area contributed by atoms with Gasteiger partial charge in [-0.15, -0.1) is 11.3 Å². The van der Waals surface area contributed by atoms with Crippen LogP contribution in [0.2, 0.25) is 5.02 Å². The number of ether oxygens (including phenoxy) is 1. The molecule has 14 heteroatoms. The van der Waals surface area contributed by atoms with Crippen molar-refractivity contribution in [2.24, 2.45) is 0 Å². The number of carboxylic acids is 1. The SMILES string of the molecule is C[C@H](c1ccccc1)N1CCC(Oc2ccc(S(=O)(=O)Nc3nccs3)cc2Cl)CC1.O=C(O)C(F)(F)F. The Bertz CT molecular complexity index is 1300. The molecule has 1 atom stereocenters. The summed E-state index contributed by atoms with van der Waals surface area (Å²) in [6.45, 7) is 4.09. The first-order valence-corrected chi connectivity index (χ1v) is 14.1. The summed E-state index contributed by atoms with van der Waals surface area (Å²) in [5.74, 6) is -2.25. The number of hydrogen-bond donors (Lipinski definition) is 2. The Hall–Kier alpha value is -2.87. The van der Waals surface area contributed by atoms with E-state index in [-0.39, 0.29) is 16.0 Å². The van der Waals surface area contributed by atoms with E-state index in [1.165, 1.54) is 29.0 Å². The molecule has 2 heterocycles. The van der Waals surface area contributed by atoms with Gasteiger partial charge in [0.25, 0.3) is 10.0 Å². The molecule has 1 aliphatic rings. The maximum Gasteiger partial charge on any atom is 0.490 e. The number of carbonyl (C=O) groups is 1. The van der Waals surface area contributed by atoms with E-state index in [1.807, 2.05) is 6.07 Å². The number of halogens is 4. The van der Waals surface area contributed by atoms with Crippen LogP contribution in [0.25, 0.3) is 0 Å². The van der Waals surface area contributed by atoms with Gasteiger partial charge in [-0.05, 0) is 43.5 Å². The Balaban J connectivity index is 0.000000505. The lowest BCUT2D eigenvalue weighted by atomic mass is 10.0. The highest BCUT2D eigenvalue weighted by Gasteiger charge is 2.38. The first kappa shape index (κ1) is 29.7. The van der Waals surface area contributed by atoms with Crippen LogP contribution in [0, 0.1) is 0 Å². The summed E-state index contributed by atoms with van der Waals surface area (Å²) in [4.78, 5) is 15.4. The second-order valence-electron chi connectivity index (χ2n) is 8.28. The third kappa shape index (κ3) is 8.32. The standard InChI is InChI=1S/C22H24ClN3O3S2.C2HF3O2/c1-16(17-5-3-2-4-6-17)26-12-9-18(10-13-26)29-21-8-7-19(15-20(21)23)31(27,28)25-22-24-11-14-30-22;3-2(4,5)1(6)7/h2-8,11,14-16,18H,9-10,12-13H2,1H3,(H,24,25);(H,6,7)/t16-;/m1./s1. The van der Waals surface area contributed by atoms with Crippen molar-refractivity contribution >= 4 is 44.1 Å². The Labute approximate surface area is 227 Å². The van der Waals surface area contributed by atoms with Gasteiger partial charge in [-0.25, -0.2) is 18.2 Å². The van der Waals surface area contributed by atoms with Crippen molar-refractivity contribution in [2.45, 2.75) is 43.0 Å². The zero-order chi connectivity index (χ0) is 27.9. The zero-order valence-corrected chi connectivity index (χ0v) is 22.4. The molecule has 4 rings (SSSR count). The lowest BCUT2D eigenvalue weighted by molar-refractivity contribution is -0.192. The van der Waals surface area contributed by atoms with Crippen LogP contribution in [-0.2, 0) is 14.8 Å². The van der Waals surface area contributed by atoms with E-state index in [0.29, 0.717) is 16.9 Å². The van der Waals surface area contributed by atoms with Crippen molar-refractivity contribution in [1.82, 2.24) is 9.88 Å². The number of benzene rings is 2. The van der Waals surface area contributed by atoms with Gasteiger partial charge in [0, 0.05) is 30.7 Å². The number of nitrogens with zero attached hydrogens (tertiary/aromatic N) is 2. The molecule has 3 aromatic rings. The molecule has 1 aliphatic heterocycles. The molecule has 1 fully saturated rings. The predicted molar refractivity (Wildman–Crippen MR) is 138 cm³/mol. The summed E-state index contributed by atoms with van der Waals surface area (Å²) in [7, 11) is -3.75. The molecule has 0 unspecified atom stereocenters. The van der Waals surface area contributed by atoms with Gasteiger partial charge in [-0.3, -0.25) is 9.62 Å². The maximum atomic E-state index is 12.5. The lowest BCUT2D eigenvalue weighted by Gasteiger charge is -2.36. The summed E-state index contributed by atoms with van der Waals surface area (Å²) >= 11 is 7.57. The number of carboxylic acid groups (broad SMARTS) is 1. The van der Waals surface area contributed by atoms with E-state index in [9.17, 15) is 21.6 Å². The highest BCUT2D eigenvalue weighted by atomic mass is 35.5. The van der Waals surface area contributed by atoms with E-state index < -0.39 is 22.2 Å². The Morgan fingerprint density at radius 3 is 2.37 bits per heavy atom. The van der Waals surface area contributed by atoms with Crippen molar-refractivity contribution < 1.29 is 36.2 Å². The Kier molecular flexibility index (Phi) is 9.99. The number of anilines is 1. The van der Waals surface area contributed by atoms with Crippen molar-refractivity contribution in [1.29, 1.82) is 0 Å². The van der Waals surface area contributed by atoms with Gasteiger partial charge in [0.2, 0.25) is 0 Å². The molecule has 2 aromatic carbocycles. The molecule has 0 radical (unpaired) electrons. The number of aromatic nitrogens is 1. The number of rotatable bonds is 7. The third-order valence-electron chi connectivity index (χ3n) is 5.71. The Morgan fingerprint density at radius 1 is 1.21 bits per heavy atom. The number of hydrogen-bond acceptors (Lipinski definition) is 7. The van der Waals surface area contributed by atoms with Gasteiger partial charge in [0.15, 0.2) is 5.13 Å². The summed E-state index contributed by atoms with van der Waals surface area (Å²) in [6.07, 6.45) is -1.72. The molecule has 0 saturated carbocycles. The number of piperidine rings is 1. The molecular weight excluding hydrogens is 567 g/mol. The molecule has 38 heavy (non-hydrogen) atoms. The largest absolute Gasteiger partial charge is 0.490 e. The Morgan fingerprint density at radius 2 is 1.84 bits per heavy atom. The van der Waals surface area contributed by atoms with Crippen LogP contribution in [0.15, 0.2) is 65.0 Å². The molecule has 0 aliphatic carbocycles. The molecule has 206 valence electrons. The van der Waals surface area contributed by atoms with Gasteiger partial charge < -0.3 is 9.84 Å². The number of sulfonamides is 1. The number of likely N-dealkylation sites (tertiary alicyclic amines) is 1. The zero-order valence-electron chi connectivity index (χ0n) is 20.1. The van der Waals surface area contributed by atoms with Gasteiger partial charge in [-0.1, -0.05) is 41.9 Å². The van der Waals surface area contributed by atoms with Gasteiger partial charge in [0.05, 0.1) is 9.92 Å². The highest BCUT2D eigenvalue weighted by molar-refractivity contribution is 7.93. The topological polar surface area (TPSA) is 109 Å². The fourth-order valence-corrected chi connectivity index (χ4v) is 5.80. The minimum absolute atomic E-state index is 0.0487. The third-order valence-corrected chi connectivity index (χ3v) is 8.16. The van der Waals surface area contributed by atoms with Gasteiger partial charge in [0.1, 0.15) is 11.9 Å². The predicted octanol–water partition coefficient (Wildman–Crippen LogP) is 5.84. The average Bonchev–Trinajstić information content (AvgIpc) is 3.38. The molecule has 0 spiro atoms. The summed E-state index contributed by atoms with van der Waals surface area (Å²) in [5, 5.41) is 9.42. The minimum atomic E-state index is -5.08. The fraction of sp³-hybridized carbons (Fsp3) is 0.333. The number of aliphatic carboxylic acids is 1. The van der Waals surface area contributed by atoms with Crippen LogP contribution in [0.3, 0.4) is 0 Å². The first-order chi connectivity index (χ1) is 17.9. The van der Waals surface area contributed by atoms with Crippen LogP contribution in [0.5, 0.6) is 5.75 Å². The molecule has 8 nitrogen and oxygen atoms in total. The summed E-state index contributed by atoms with van der Waals surface area (Å²) in [5.41, 5.74) is 1.31. The molecule has 2 N–H and O–H groups in total. The monoisotopic (exact) mass is 591 g/mol. The molecule has 0 bridgehead atoms. The second kappa shape index (κ2) is 12.8. The smallest absolute Gasteiger partial charge is 0.489 e. The van der Waals surface area contributed by atoms with E-state index in [4.69, 9.17) is 26.2 Å². The normalized spacial score (nSPS) is 15.7. The van der Waals surface area contributed by atoms with Crippen molar-refractivity contribution in [3.63, 3.8) is 0 Å². The summed E-state index contributed by atoms with van der Waals surface area (Å²) < 4.78 is 65.3. The molecule has 1 aromatic heterocycles. The molecule has 1 saturated heterocycles. The van der Waals surface area contributed by atoms with E-state index in [2.05, 4.69) is 45.8 Å². The average molecular weight is 592 g/mol. The minimum Gasteiger partial charge on any atom is -0.489 e. The fourth-order valence-electron chi connectivity index (χ4n) is 3.69. The maximum absolute atomic E-state index is 12.5. The van der Waals surface area contributed by atoms with Crippen molar-refractivity contribution in [2.75, 3.05) is 17.8 Å². The quantitative estimate of drug-likeness (QED) is 0.355. The number of alkyl halides is 3. The van der Waals surface area contributed by atoms with Crippen LogP contribution in [0.1, 0.15) is 31.4 Å². The van der Waals surface area contributed by atoms with Crippen molar-refractivity contribution in [3.8, 4) is 5.75 Å². The summed E-state index contributed by atoms with van der Waals surface area (Å²) in [6, 6.07) is 15.4. The molecule has 0 amide bonds. The number of thiazole rings is 1. The number of nitrogens with one attached hydrogen (secondary N) is 1. The van der Waals surface area contributed by atoms with Crippen molar-refractivity contribution in [3.05, 3.63) is 70.7 Å². The van der Waals surface area contributed by atoms with E-state index in [0.717, 1.165) is 25.9 Å². The van der Waals surface area contributed by atoms with Crippen LogP contribution < -0.4 is 9.46 Å². The molecular formula is C24H25ClF3N3O5S2. The van der Waals surface area contributed by atoms with Crippen LogP contribution >= 0.6 is 22.9 Å². The highest BCUT2D eigenvalue weighted by Crippen LogP contribution is 2.32. The van der Waals surface area contributed by atoms with Crippen LogP contribution in [-0.4, -0.2) is 54.7 Å². The van der Waals surface area contributed by atoms with Gasteiger partial charge >= 0.3 is 12.1 Å².